The molecule has 2 rings (SSSR count). The number of nitrogen functional groups attached to an aromatic ring is 1. The van der Waals surface area contributed by atoms with Crippen LogP contribution < -0.4 is 11.1 Å². The van der Waals surface area contributed by atoms with Gasteiger partial charge in [0.25, 0.3) is 0 Å². The standard InChI is InChI=1S/C13H20N2O4S/c1-20(17,18)10-2-3-12(11(14)8-10)15-13(9-16)4-6-19-7-5-13/h2-3,8,15-16H,4-7,9,14H2,1H3. The maximum absolute atomic E-state index is 11.5. The van der Waals surface area contributed by atoms with Gasteiger partial charge in [0, 0.05) is 19.5 Å². The summed E-state index contributed by atoms with van der Waals surface area (Å²) < 4.78 is 28.2. The van der Waals surface area contributed by atoms with E-state index in [0.717, 1.165) is 6.26 Å². The number of hydrogen-bond acceptors (Lipinski definition) is 6. The summed E-state index contributed by atoms with van der Waals surface area (Å²) in [6.45, 7) is 1.13. The summed E-state index contributed by atoms with van der Waals surface area (Å²) in [5, 5.41) is 12.9. The topological polar surface area (TPSA) is 102 Å². The molecule has 0 radical (unpaired) electrons. The largest absolute Gasteiger partial charge is 0.397 e. The molecule has 0 spiro atoms. The molecule has 20 heavy (non-hydrogen) atoms. The van der Waals surface area contributed by atoms with Gasteiger partial charge in [0.1, 0.15) is 0 Å². The monoisotopic (exact) mass is 300 g/mol. The highest BCUT2D eigenvalue weighted by Gasteiger charge is 2.32. The molecule has 1 aliphatic heterocycles. The predicted molar refractivity (Wildman–Crippen MR) is 77.5 cm³/mol. The number of sulfone groups is 1. The van der Waals surface area contributed by atoms with E-state index in [9.17, 15) is 13.5 Å². The zero-order valence-corrected chi connectivity index (χ0v) is 12.2. The van der Waals surface area contributed by atoms with Gasteiger partial charge in [-0.15, -0.1) is 0 Å². The molecule has 0 aromatic heterocycles. The summed E-state index contributed by atoms with van der Waals surface area (Å²) >= 11 is 0. The number of ether oxygens (including phenoxy) is 1. The van der Waals surface area contributed by atoms with Gasteiger partial charge in [-0.1, -0.05) is 0 Å². The minimum Gasteiger partial charge on any atom is -0.397 e. The molecular formula is C13H20N2O4S. The molecular weight excluding hydrogens is 280 g/mol. The Morgan fingerprint density at radius 2 is 2.05 bits per heavy atom. The first-order chi connectivity index (χ1) is 9.36. The molecule has 1 aromatic rings. The second-order valence-corrected chi connectivity index (χ2v) is 7.21. The van der Waals surface area contributed by atoms with Crippen molar-refractivity contribution in [2.75, 3.05) is 37.1 Å². The van der Waals surface area contributed by atoms with Crippen molar-refractivity contribution in [1.29, 1.82) is 0 Å². The Balaban J connectivity index is 2.25. The van der Waals surface area contributed by atoms with E-state index in [0.29, 0.717) is 37.4 Å². The Labute approximate surface area is 118 Å². The Kier molecular flexibility index (Phi) is 4.22. The smallest absolute Gasteiger partial charge is 0.175 e. The Bertz CT molecular complexity index is 580. The van der Waals surface area contributed by atoms with Crippen LogP contribution in [0.5, 0.6) is 0 Å². The van der Waals surface area contributed by atoms with Crippen molar-refractivity contribution in [3.05, 3.63) is 18.2 Å². The molecule has 7 heteroatoms. The summed E-state index contributed by atoms with van der Waals surface area (Å²) in [7, 11) is -3.27. The minimum atomic E-state index is -3.27. The summed E-state index contributed by atoms with van der Waals surface area (Å²) in [5.74, 6) is 0. The van der Waals surface area contributed by atoms with Crippen LogP contribution >= 0.6 is 0 Å². The van der Waals surface area contributed by atoms with Crippen molar-refractivity contribution >= 4 is 21.2 Å². The molecule has 1 fully saturated rings. The normalized spacial score (nSPS) is 18.7. The third-order valence-electron chi connectivity index (χ3n) is 3.60. The highest BCUT2D eigenvalue weighted by molar-refractivity contribution is 7.90. The van der Waals surface area contributed by atoms with Gasteiger partial charge in [0.05, 0.1) is 28.4 Å². The first-order valence-corrected chi connectivity index (χ1v) is 8.32. The van der Waals surface area contributed by atoms with Gasteiger partial charge < -0.3 is 20.9 Å². The number of nitrogens with two attached hydrogens (primary N) is 1. The van der Waals surface area contributed by atoms with E-state index in [1.54, 1.807) is 6.07 Å². The van der Waals surface area contributed by atoms with Crippen LogP contribution in [0.2, 0.25) is 0 Å². The van der Waals surface area contributed by atoms with E-state index >= 15 is 0 Å². The molecule has 0 aliphatic carbocycles. The number of rotatable bonds is 4. The second-order valence-electron chi connectivity index (χ2n) is 5.20. The zero-order chi connectivity index (χ0) is 14.8. The van der Waals surface area contributed by atoms with E-state index in [4.69, 9.17) is 10.5 Å². The van der Waals surface area contributed by atoms with E-state index in [-0.39, 0.29) is 11.5 Å². The SMILES string of the molecule is CS(=O)(=O)c1ccc(NC2(CO)CCOCC2)c(N)c1. The quantitative estimate of drug-likeness (QED) is 0.705. The Morgan fingerprint density at radius 1 is 1.40 bits per heavy atom. The highest BCUT2D eigenvalue weighted by Crippen LogP contribution is 2.30. The van der Waals surface area contributed by atoms with Crippen LogP contribution in [0.25, 0.3) is 0 Å². The maximum Gasteiger partial charge on any atom is 0.175 e. The molecule has 1 aliphatic rings. The Hall–Kier alpha value is -1.31. The number of aliphatic hydroxyl groups is 1. The van der Waals surface area contributed by atoms with E-state index in [1.807, 2.05) is 0 Å². The van der Waals surface area contributed by atoms with Crippen molar-refractivity contribution < 1.29 is 18.3 Å². The average molecular weight is 300 g/mol. The van der Waals surface area contributed by atoms with Crippen molar-refractivity contribution in [3.8, 4) is 0 Å². The van der Waals surface area contributed by atoms with Crippen molar-refractivity contribution in [3.63, 3.8) is 0 Å². The molecule has 0 atom stereocenters. The molecule has 0 amide bonds. The molecule has 112 valence electrons. The lowest BCUT2D eigenvalue weighted by Crippen LogP contribution is -2.47. The summed E-state index contributed by atoms with van der Waals surface area (Å²) in [6.07, 6.45) is 2.50. The molecule has 1 heterocycles. The molecule has 0 unspecified atom stereocenters. The summed E-state index contributed by atoms with van der Waals surface area (Å²) in [6, 6.07) is 4.58. The second kappa shape index (κ2) is 5.59. The van der Waals surface area contributed by atoms with Gasteiger partial charge in [-0.2, -0.15) is 0 Å². The molecule has 0 bridgehead atoms. The number of aliphatic hydroxyl groups excluding tert-OH is 1. The lowest BCUT2D eigenvalue weighted by atomic mass is 9.90. The fourth-order valence-electron chi connectivity index (χ4n) is 2.26. The van der Waals surface area contributed by atoms with E-state index < -0.39 is 15.4 Å². The van der Waals surface area contributed by atoms with Crippen molar-refractivity contribution in [1.82, 2.24) is 0 Å². The van der Waals surface area contributed by atoms with Crippen LogP contribution in [0.3, 0.4) is 0 Å². The van der Waals surface area contributed by atoms with Gasteiger partial charge in [0.2, 0.25) is 0 Å². The molecule has 6 nitrogen and oxygen atoms in total. The van der Waals surface area contributed by atoms with Crippen LogP contribution in [-0.4, -0.2) is 45.1 Å². The van der Waals surface area contributed by atoms with Crippen molar-refractivity contribution in [2.24, 2.45) is 0 Å². The van der Waals surface area contributed by atoms with Crippen LogP contribution in [0.4, 0.5) is 11.4 Å². The number of benzene rings is 1. The lowest BCUT2D eigenvalue weighted by molar-refractivity contribution is 0.0380. The van der Waals surface area contributed by atoms with Gasteiger partial charge >= 0.3 is 0 Å². The fourth-order valence-corrected chi connectivity index (χ4v) is 2.91. The summed E-state index contributed by atoms with van der Waals surface area (Å²) in [4.78, 5) is 0.186. The highest BCUT2D eigenvalue weighted by atomic mass is 32.2. The fraction of sp³-hybridized carbons (Fsp3) is 0.538. The van der Waals surface area contributed by atoms with Crippen LogP contribution in [-0.2, 0) is 14.6 Å². The first-order valence-electron chi connectivity index (χ1n) is 6.43. The first kappa shape index (κ1) is 15.1. The zero-order valence-electron chi connectivity index (χ0n) is 11.4. The average Bonchev–Trinajstić information content (AvgIpc) is 2.41. The Morgan fingerprint density at radius 3 is 2.55 bits per heavy atom. The van der Waals surface area contributed by atoms with Gasteiger partial charge in [-0.05, 0) is 31.0 Å². The van der Waals surface area contributed by atoms with Crippen LogP contribution in [0.1, 0.15) is 12.8 Å². The van der Waals surface area contributed by atoms with Crippen molar-refractivity contribution in [2.45, 2.75) is 23.3 Å². The van der Waals surface area contributed by atoms with Crippen LogP contribution in [0, 0.1) is 0 Å². The number of hydrogen-bond donors (Lipinski definition) is 3. The molecule has 4 N–H and O–H groups in total. The molecule has 1 saturated heterocycles. The number of nitrogens with one attached hydrogen (secondary N) is 1. The minimum absolute atomic E-state index is 0.0242. The third kappa shape index (κ3) is 3.23. The van der Waals surface area contributed by atoms with E-state index in [1.165, 1.54) is 12.1 Å². The van der Waals surface area contributed by atoms with Gasteiger partial charge in [-0.25, -0.2) is 8.42 Å². The predicted octanol–water partition coefficient (Wildman–Crippen LogP) is 0.626. The molecule has 1 aromatic carbocycles. The molecule has 0 saturated carbocycles. The number of anilines is 2. The van der Waals surface area contributed by atoms with Gasteiger partial charge in [-0.3, -0.25) is 0 Å². The third-order valence-corrected chi connectivity index (χ3v) is 4.71. The maximum atomic E-state index is 11.5. The lowest BCUT2D eigenvalue weighted by Gasteiger charge is -2.37. The van der Waals surface area contributed by atoms with Gasteiger partial charge in [0.15, 0.2) is 9.84 Å². The van der Waals surface area contributed by atoms with E-state index in [2.05, 4.69) is 5.32 Å². The summed E-state index contributed by atoms with van der Waals surface area (Å²) in [5.41, 5.74) is 6.44. The van der Waals surface area contributed by atoms with Crippen LogP contribution in [0.15, 0.2) is 23.1 Å².